The smallest absolute Gasteiger partial charge is 0.258 e. The molecule has 3 aromatic heterocycles. The molecule has 1 aromatic carbocycles. The van der Waals surface area contributed by atoms with Gasteiger partial charge in [-0.25, -0.2) is 9.97 Å². The highest BCUT2D eigenvalue weighted by Crippen LogP contribution is 2.20. The van der Waals surface area contributed by atoms with Crippen LogP contribution in [-0.2, 0) is 4.74 Å². The molecular formula is C19H19N7O2. The molecule has 4 aromatic rings. The second-order valence-electron chi connectivity index (χ2n) is 6.08. The third-order valence-electron chi connectivity index (χ3n) is 4.10. The van der Waals surface area contributed by atoms with E-state index in [1.165, 1.54) is 6.20 Å². The fraction of sp³-hybridized carbons (Fsp3) is 0.158. The van der Waals surface area contributed by atoms with Gasteiger partial charge in [0.2, 0.25) is 0 Å². The van der Waals surface area contributed by atoms with Crippen LogP contribution in [-0.4, -0.2) is 51.3 Å². The summed E-state index contributed by atoms with van der Waals surface area (Å²) in [6.45, 7) is 1.23. The van der Waals surface area contributed by atoms with Gasteiger partial charge in [-0.3, -0.25) is 9.89 Å². The molecule has 0 saturated heterocycles. The molecule has 0 fully saturated rings. The van der Waals surface area contributed by atoms with E-state index in [0.29, 0.717) is 41.9 Å². The maximum atomic E-state index is 12.4. The fourth-order valence-electron chi connectivity index (χ4n) is 2.69. The minimum atomic E-state index is -0.293. The Hall–Kier alpha value is -3.72. The van der Waals surface area contributed by atoms with Gasteiger partial charge in [0.05, 0.1) is 23.2 Å². The van der Waals surface area contributed by atoms with Crippen LogP contribution in [0.2, 0.25) is 0 Å². The zero-order valence-electron chi connectivity index (χ0n) is 15.2. The van der Waals surface area contributed by atoms with Crippen LogP contribution in [0.25, 0.3) is 22.6 Å². The van der Waals surface area contributed by atoms with Gasteiger partial charge in [0.1, 0.15) is 11.5 Å². The Morgan fingerprint density at radius 3 is 2.86 bits per heavy atom. The van der Waals surface area contributed by atoms with Gasteiger partial charge in [-0.2, -0.15) is 5.10 Å². The van der Waals surface area contributed by atoms with Gasteiger partial charge in [-0.05, 0) is 24.3 Å². The number of pyridine rings is 1. The van der Waals surface area contributed by atoms with E-state index in [1.54, 1.807) is 25.3 Å². The molecule has 9 heteroatoms. The number of hydrogen-bond acceptors (Lipinski definition) is 6. The van der Waals surface area contributed by atoms with Crippen molar-refractivity contribution in [3.05, 3.63) is 54.2 Å². The molecule has 28 heavy (non-hydrogen) atoms. The number of ether oxygens (including phenoxy) is 1. The molecule has 0 unspecified atom stereocenters. The maximum Gasteiger partial charge on any atom is 0.258 e. The summed E-state index contributed by atoms with van der Waals surface area (Å²) in [4.78, 5) is 24.3. The highest BCUT2D eigenvalue weighted by molar-refractivity contribution is 6.03. The lowest BCUT2D eigenvalue weighted by molar-refractivity contribution is 0.102. The van der Waals surface area contributed by atoms with Crippen molar-refractivity contribution in [2.75, 3.05) is 30.9 Å². The van der Waals surface area contributed by atoms with E-state index in [-0.39, 0.29) is 5.91 Å². The van der Waals surface area contributed by atoms with Crippen LogP contribution in [0.4, 0.5) is 11.6 Å². The highest BCUT2D eigenvalue weighted by Gasteiger charge is 2.12. The summed E-state index contributed by atoms with van der Waals surface area (Å²) in [6, 6.07) is 12.9. The number of carbonyl (C=O) groups is 1. The molecule has 0 spiro atoms. The number of imidazole rings is 1. The number of carbonyl (C=O) groups excluding carboxylic acids is 1. The van der Waals surface area contributed by atoms with Crippen LogP contribution in [0.15, 0.2) is 48.7 Å². The summed E-state index contributed by atoms with van der Waals surface area (Å²) in [5.74, 6) is 1.45. The molecule has 0 aliphatic carbocycles. The average Bonchev–Trinajstić information content (AvgIpc) is 3.35. The minimum Gasteiger partial charge on any atom is -0.383 e. The third-order valence-corrected chi connectivity index (χ3v) is 4.10. The molecule has 0 radical (unpaired) electrons. The number of para-hydroxylation sites is 2. The van der Waals surface area contributed by atoms with Crippen molar-refractivity contribution in [2.45, 2.75) is 0 Å². The Balaban J connectivity index is 1.42. The van der Waals surface area contributed by atoms with E-state index in [4.69, 9.17) is 4.74 Å². The molecule has 0 aliphatic heterocycles. The standard InChI is InChI=1S/C19H19N7O2/c1-28-9-8-20-16-7-6-12(11-21-16)19(27)24-17-10-15(25-26-17)18-22-13-4-2-3-5-14(13)23-18/h2-7,10-11H,8-9H2,1H3,(H,20,21)(H,22,23)(H2,24,25,26,27). The van der Waals surface area contributed by atoms with E-state index < -0.39 is 0 Å². The number of aromatic nitrogens is 5. The number of nitrogens with one attached hydrogen (secondary N) is 4. The first-order valence-corrected chi connectivity index (χ1v) is 8.73. The molecule has 0 atom stereocenters. The topological polar surface area (TPSA) is 121 Å². The monoisotopic (exact) mass is 377 g/mol. The largest absolute Gasteiger partial charge is 0.383 e. The van der Waals surface area contributed by atoms with Crippen molar-refractivity contribution in [2.24, 2.45) is 0 Å². The number of hydrogen-bond donors (Lipinski definition) is 4. The van der Waals surface area contributed by atoms with E-state index in [1.807, 2.05) is 24.3 Å². The molecule has 4 rings (SSSR count). The molecule has 0 saturated carbocycles. The number of benzene rings is 1. The van der Waals surface area contributed by atoms with Gasteiger partial charge in [0.15, 0.2) is 11.6 Å². The quantitative estimate of drug-likeness (QED) is 0.368. The van der Waals surface area contributed by atoms with Crippen LogP contribution in [0.1, 0.15) is 10.4 Å². The zero-order valence-corrected chi connectivity index (χ0v) is 15.2. The van der Waals surface area contributed by atoms with Gasteiger partial charge >= 0.3 is 0 Å². The average molecular weight is 377 g/mol. The molecule has 4 N–H and O–H groups in total. The van der Waals surface area contributed by atoms with Crippen molar-refractivity contribution < 1.29 is 9.53 Å². The first-order chi connectivity index (χ1) is 13.7. The molecule has 0 aliphatic rings. The summed E-state index contributed by atoms with van der Waals surface area (Å²) in [5, 5.41) is 12.9. The first-order valence-electron chi connectivity index (χ1n) is 8.73. The Kier molecular flexibility index (Phi) is 4.98. The predicted octanol–water partition coefficient (Wildman–Crippen LogP) is 2.66. The lowest BCUT2D eigenvalue weighted by Crippen LogP contribution is -2.13. The highest BCUT2D eigenvalue weighted by atomic mass is 16.5. The summed E-state index contributed by atoms with van der Waals surface area (Å²) >= 11 is 0. The number of nitrogens with zero attached hydrogens (tertiary/aromatic N) is 3. The SMILES string of the molecule is COCCNc1ccc(C(=O)Nc2cc(-c3nc4ccccc4[nH]3)[nH]n2)cn1. The van der Waals surface area contributed by atoms with E-state index >= 15 is 0 Å². The molecule has 1 amide bonds. The van der Waals surface area contributed by atoms with Crippen LogP contribution >= 0.6 is 0 Å². The number of H-pyrrole nitrogens is 2. The second-order valence-corrected chi connectivity index (χ2v) is 6.08. The van der Waals surface area contributed by atoms with Crippen LogP contribution in [0, 0.1) is 0 Å². The lowest BCUT2D eigenvalue weighted by Gasteiger charge is -2.05. The summed E-state index contributed by atoms with van der Waals surface area (Å²) in [7, 11) is 1.64. The molecule has 142 valence electrons. The van der Waals surface area contributed by atoms with E-state index in [9.17, 15) is 4.79 Å². The van der Waals surface area contributed by atoms with E-state index in [0.717, 1.165) is 11.0 Å². The van der Waals surface area contributed by atoms with Crippen molar-refractivity contribution in [3.8, 4) is 11.5 Å². The number of amides is 1. The number of aromatic amines is 2. The van der Waals surface area contributed by atoms with Gasteiger partial charge in [0, 0.05) is 25.9 Å². The Labute approximate surface area is 160 Å². The van der Waals surface area contributed by atoms with Crippen molar-refractivity contribution >= 4 is 28.6 Å². The lowest BCUT2D eigenvalue weighted by atomic mass is 10.2. The fourth-order valence-corrected chi connectivity index (χ4v) is 2.69. The zero-order chi connectivity index (χ0) is 19.3. The molecular weight excluding hydrogens is 358 g/mol. The van der Waals surface area contributed by atoms with Gasteiger partial charge in [-0.1, -0.05) is 12.1 Å². The number of fused-ring (bicyclic) bond motifs is 1. The Morgan fingerprint density at radius 1 is 1.18 bits per heavy atom. The number of rotatable bonds is 7. The molecule has 0 bridgehead atoms. The predicted molar refractivity (Wildman–Crippen MR) is 106 cm³/mol. The summed E-state index contributed by atoms with van der Waals surface area (Å²) in [5.41, 5.74) is 2.92. The molecule has 3 heterocycles. The first kappa shape index (κ1) is 17.7. The Bertz CT molecular complexity index is 1050. The van der Waals surface area contributed by atoms with Crippen molar-refractivity contribution in [1.82, 2.24) is 25.1 Å². The number of methoxy groups -OCH3 is 1. The van der Waals surface area contributed by atoms with Gasteiger partial charge < -0.3 is 20.4 Å². The normalized spacial score (nSPS) is 10.9. The second kappa shape index (κ2) is 7.89. The van der Waals surface area contributed by atoms with Crippen molar-refractivity contribution in [3.63, 3.8) is 0 Å². The van der Waals surface area contributed by atoms with Crippen LogP contribution < -0.4 is 10.6 Å². The van der Waals surface area contributed by atoms with Gasteiger partial charge in [0.25, 0.3) is 5.91 Å². The van der Waals surface area contributed by atoms with Gasteiger partial charge in [-0.15, -0.1) is 0 Å². The summed E-state index contributed by atoms with van der Waals surface area (Å²) < 4.78 is 4.97. The minimum absolute atomic E-state index is 0.293. The Morgan fingerprint density at radius 2 is 2.07 bits per heavy atom. The molecule has 9 nitrogen and oxygen atoms in total. The summed E-state index contributed by atoms with van der Waals surface area (Å²) in [6.07, 6.45) is 1.51. The van der Waals surface area contributed by atoms with Crippen LogP contribution in [0.5, 0.6) is 0 Å². The maximum absolute atomic E-state index is 12.4. The van der Waals surface area contributed by atoms with Crippen molar-refractivity contribution in [1.29, 1.82) is 0 Å². The van der Waals surface area contributed by atoms with Crippen LogP contribution in [0.3, 0.4) is 0 Å². The third kappa shape index (κ3) is 3.84. The van der Waals surface area contributed by atoms with E-state index in [2.05, 4.69) is 35.8 Å². The number of anilines is 2.